The van der Waals surface area contributed by atoms with Gasteiger partial charge in [-0.1, -0.05) is 11.3 Å². The monoisotopic (exact) mass is 488 g/mol. The third-order valence-electron chi connectivity index (χ3n) is 7.00. The molecular weight excluding hydrogens is 463 g/mol. The van der Waals surface area contributed by atoms with Crippen molar-refractivity contribution >= 4 is 39.0 Å². The number of hydrogen-bond donors (Lipinski definition) is 1. The highest BCUT2D eigenvalue weighted by Crippen LogP contribution is 2.42. The lowest BCUT2D eigenvalue weighted by Gasteiger charge is -2.57. The molecule has 0 saturated carbocycles. The number of aryl methyl sites for hydroxylation is 2. The van der Waals surface area contributed by atoms with Crippen LogP contribution >= 0.6 is 11.3 Å². The maximum atomic E-state index is 13.4. The minimum Gasteiger partial charge on any atom is -0.369 e. The van der Waals surface area contributed by atoms with Crippen LogP contribution in [0.5, 0.6) is 0 Å². The normalized spacial score (nSPS) is 16.3. The van der Waals surface area contributed by atoms with Gasteiger partial charge in [0.25, 0.3) is 0 Å². The molecule has 2 aliphatic rings. The number of benzene rings is 1. The number of aromatic nitrogens is 4. The fourth-order valence-corrected chi connectivity index (χ4v) is 5.92. The third-order valence-corrected chi connectivity index (χ3v) is 8.04. The van der Waals surface area contributed by atoms with Crippen LogP contribution in [-0.2, 0) is 6.54 Å². The zero-order valence-electron chi connectivity index (χ0n) is 19.8. The summed E-state index contributed by atoms with van der Waals surface area (Å²) < 4.78 is 15.4. The van der Waals surface area contributed by atoms with E-state index < -0.39 is 0 Å². The molecule has 6 rings (SSSR count). The molecule has 0 bridgehead atoms. The first kappa shape index (κ1) is 21.9. The van der Waals surface area contributed by atoms with Crippen LogP contribution in [-0.4, -0.2) is 53.0 Å². The van der Waals surface area contributed by atoms with Gasteiger partial charge in [-0.2, -0.15) is 10.4 Å². The maximum Gasteiger partial charge on any atom is 0.192 e. The third kappa shape index (κ3) is 3.46. The fraction of sp³-hybridized carbons (Fsp3) is 0.360. The zero-order valence-corrected chi connectivity index (χ0v) is 20.7. The van der Waals surface area contributed by atoms with Crippen LogP contribution in [0.1, 0.15) is 17.5 Å². The first-order valence-corrected chi connectivity index (χ1v) is 12.5. The average molecular weight is 489 g/mol. The summed E-state index contributed by atoms with van der Waals surface area (Å²) in [7, 11) is 1.94. The van der Waals surface area contributed by atoms with Crippen LogP contribution in [0.3, 0.4) is 0 Å². The van der Waals surface area contributed by atoms with E-state index in [0.717, 1.165) is 48.8 Å². The van der Waals surface area contributed by atoms with Crippen LogP contribution < -0.4 is 15.1 Å². The summed E-state index contributed by atoms with van der Waals surface area (Å²) in [6.07, 6.45) is 0. The Hall–Kier alpha value is -3.55. The Balaban J connectivity index is 1.41. The molecule has 0 amide bonds. The Kier molecular flexibility index (Phi) is 5.02. The molecule has 2 saturated heterocycles. The molecule has 178 valence electrons. The van der Waals surface area contributed by atoms with Gasteiger partial charge in [0.15, 0.2) is 10.8 Å². The molecule has 4 aromatic rings. The number of pyridine rings is 1. The Morgan fingerprint density at radius 2 is 1.97 bits per heavy atom. The molecule has 35 heavy (non-hydrogen) atoms. The number of hydrogen-bond acceptors (Lipinski definition) is 8. The van der Waals surface area contributed by atoms with Gasteiger partial charge in [0, 0.05) is 50.7 Å². The molecule has 0 atom stereocenters. The van der Waals surface area contributed by atoms with Gasteiger partial charge in [-0.15, -0.1) is 0 Å². The molecule has 5 heterocycles. The highest BCUT2D eigenvalue weighted by molar-refractivity contribution is 7.16. The maximum absolute atomic E-state index is 13.4. The summed E-state index contributed by atoms with van der Waals surface area (Å²) in [5.74, 6) is 0.569. The second-order valence-corrected chi connectivity index (χ2v) is 10.4. The molecule has 2 fully saturated rings. The molecule has 10 heteroatoms. The topological polar surface area (TPSA) is 85.9 Å². The summed E-state index contributed by atoms with van der Waals surface area (Å²) in [5, 5.41) is 19.5. The summed E-state index contributed by atoms with van der Waals surface area (Å²) in [4.78, 5) is 14.5. The highest BCUT2D eigenvalue weighted by Gasteiger charge is 2.48. The van der Waals surface area contributed by atoms with Crippen LogP contribution in [0.25, 0.3) is 22.3 Å². The smallest absolute Gasteiger partial charge is 0.192 e. The van der Waals surface area contributed by atoms with E-state index in [1.54, 1.807) is 12.1 Å². The van der Waals surface area contributed by atoms with E-state index in [4.69, 9.17) is 15.1 Å². The van der Waals surface area contributed by atoms with Gasteiger partial charge in [0.05, 0.1) is 16.8 Å². The van der Waals surface area contributed by atoms with E-state index in [0.29, 0.717) is 38.9 Å². The van der Waals surface area contributed by atoms with Gasteiger partial charge in [0.1, 0.15) is 28.3 Å². The number of fused-ring (bicyclic) bond motifs is 1. The van der Waals surface area contributed by atoms with Crippen LogP contribution in [0, 0.1) is 29.5 Å². The summed E-state index contributed by atoms with van der Waals surface area (Å²) >= 11 is 1.31. The fourth-order valence-electron chi connectivity index (χ4n) is 5.08. The van der Waals surface area contributed by atoms with Gasteiger partial charge in [0.2, 0.25) is 0 Å². The van der Waals surface area contributed by atoms with Gasteiger partial charge in [-0.25, -0.2) is 19.0 Å². The van der Waals surface area contributed by atoms with Crippen molar-refractivity contribution in [2.24, 2.45) is 5.41 Å². The molecule has 1 spiro atoms. The van der Waals surface area contributed by atoms with Gasteiger partial charge in [-0.3, -0.25) is 0 Å². The largest absolute Gasteiger partial charge is 0.369 e. The average Bonchev–Trinajstić information content (AvgIpc) is 3.38. The lowest BCUT2D eigenvalue weighted by molar-refractivity contribution is 0.121. The minimum atomic E-state index is -0.321. The lowest BCUT2D eigenvalue weighted by Crippen LogP contribution is -2.71. The predicted octanol–water partition coefficient (Wildman–Crippen LogP) is 4.07. The Morgan fingerprint density at radius 1 is 1.23 bits per heavy atom. The number of anilines is 3. The van der Waals surface area contributed by atoms with E-state index >= 15 is 0 Å². The van der Waals surface area contributed by atoms with Crippen molar-refractivity contribution < 1.29 is 4.39 Å². The van der Waals surface area contributed by atoms with Crippen LogP contribution in [0.4, 0.5) is 21.0 Å². The molecule has 1 aromatic carbocycles. The molecular formula is C25H25FN8S. The van der Waals surface area contributed by atoms with Crippen molar-refractivity contribution in [1.82, 2.24) is 25.1 Å². The lowest BCUT2D eigenvalue weighted by atomic mass is 9.74. The van der Waals surface area contributed by atoms with Crippen molar-refractivity contribution in [1.29, 1.82) is 5.26 Å². The van der Waals surface area contributed by atoms with Crippen molar-refractivity contribution in [3.8, 4) is 17.3 Å². The minimum absolute atomic E-state index is 0.321. The second-order valence-electron chi connectivity index (χ2n) is 9.41. The number of nitriles is 1. The van der Waals surface area contributed by atoms with Crippen molar-refractivity contribution in [3.05, 3.63) is 46.7 Å². The molecule has 8 nitrogen and oxygen atoms in total. The molecule has 0 unspecified atom stereocenters. The van der Waals surface area contributed by atoms with Crippen molar-refractivity contribution in [2.75, 3.05) is 43.0 Å². The van der Waals surface area contributed by atoms with Gasteiger partial charge < -0.3 is 15.1 Å². The molecule has 1 N–H and O–H groups in total. The molecule has 3 aromatic heterocycles. The van der Waals surface area contributed by atoms with E-state index in [2.05, 4.69) is 22.4 Å². The van der Waals surface area contributed by atoms with Gasteiger partial charge >= 0.3 is 0 Å². The summed E-state index contributed by atoms with van der Waals surface area (Å²) in [6, 6.07) is 10.5. The van der Waals surface area contributed by atoms with E-state index in [1.165, 1.54) is 23.5 Å². The first-order valence-electron chi connectivity index (χ1n) is 11.7. The summed E-state index contributed by atoms with van der Waals surface area (Å²) in [5.41, 5.74) is 4.51. The van der Waals surface area contributed by atoms with Crippen LogP contribution in [0.15, 0.2) is 30.3 Å². The quantitative estimate of drug-likeness (QED) is 0.453. The zero-order chi connectivity index (χ0) is 24.3. The SMILES string of the molecule is CCn1nc2nc(C)c(N3CC4(CNC4)C3)cc2c1N(C)c1nc(-c2ccc(F)cc2)c(C#N)s1. The highest BCUT2D eigenvalue weighted by atomic mass is 32.1. The van der Waals surface area contributed by atoms with Crippen molar-refractivity contribution in [3.63, 3.8) is 0 Å². The van der Waals surface area contributed by atoms with Gasteiger partial charge in [-0.05, 0) is 44.2 Å². The second kappa shape index (κ2) is 8.00. The van der Waals surface area contributed by atoms with E-state index in [1.807, 2.05) is 30.5 Å². The number of rotatable bonds is 5. The number of nitrogens with zero attached hydrogens (tertiary/aromatic N) is 7. The first-order chi connectivity index (χ1) is 16.9. The number of halogens is 1. The predicted molar refractivity (Wildman–Crippen MR) is 136 cm³/mol. The van der Waals surface area contributed by atoms with Crippen LogP contribution in [0.2, 0.25) is 0 Å². The Labute approximate surface area is 206 Å². The van der Waals surface area contributed by atoms with Crippen molar-refractivity contribution in [2.45, 2.75) is 20.4 Å². The Morgan fingerprint density at radius 3 is 2.60 bits per heavy atom. The standard InChI is InChI=1S/C25H25FN8S/c1-4-34-23(32(3)24-30-21(20(10-27)35-24)16-5-7-17(26)8-6-16)18-9-19(15(2)29-22(18)31-34)33-13-25(14-33)11-28-12-25/h5-9,28H,4,11-14H2,1-3H3. The number of nitrogens with one attached hydrogen (secondary N) is 1. The molecule has 0 radical (unpaired) electrons. The molecule has 0 aliphatic carbocycles. The van der Waals surface area contributed by atoms with E-state index in [9.17, 15) is 9.65 Å². The van der Waals surface area contributed by atoms with E-state index in [-0.39, 0.29) is 5.82 Å². The number of thiazole rings is 1. The Bertz CT molecular complexity index is 1470. The summed E-state index contributed by atoms with van der Waals surface area (Å²) in [6.45, 7) is 9.02. The molecule has 2 aliphatic heterocycles.